The van der Waals surface area contributed by atoms with Crippen LogP contribution in [0.25, 0.3) is 11.0 Å². The number of hydrogen-bond donors (Lipinski definition) is 1. The summed E-state index contributed by atoms with van der Waals surface area (Å²) in [4.78, 5) is 11.1. The summed E-state index contributed by atoms with van der Waals surface area (Å²) in [7, 11) is 1.39. The number of ether oxygens (including phenoxy) is 1. The summed E-state index contributed by atoms with van der Waals surface area (Å²) in [6.07, 6.45) is 0. The Hall–Kier alpha value is -1.97. The maximum atomic E-state index is 11.1. The van der Waals surface area contributed by atoms with Gasteiger partial charge in [-0.15, -0.1) is 0 Å². The van der Waals surface area contributed by atoms with E-state index in [2.05, 4.69) is 0 Å². The lowest BCUT2D eigenvalue weighted by Gasteiger charge is -2.04. The van der Waals surface area contributed by atoms with Gasteiger partial charge in [0.1, 0.15) is 5.58 Å². The zero-order valence-electron chi connectivity index (χ0n) is 7.48. The Morgan fingerprint density at radius 2 is 2.07 bits per heavy atom. The van der Waals surface area contributed by atoms with E-state index < -0.39 is 11.4 Å². The van der Waals surface area contributed by atoms with Gasteiger partial charge < -0.3 is 14.3 Å². The van der Waals surface area contributed by atoms with Crippen LogP contribution >= 0.6 is 0 Å². The monoisotopic (exact) mass is 192 g/mol. The molecule has 1 aromatic carbocycles. The van der Waals surface area contributed by atoms with E-state index in [0.29, 0.717) is 11.0 Å². The van der Waals surface area contributed by atoms with Crippen LogP contribution in [0.15, 0.2) is 33.5 Å². The van der Waals surface area contributed by atoms with E-state index in [9.17, 15) is 9.90 Å². The predicted molar refractivity (Wildman–Crippen MR) is 50.7 cm³/mol. The van der Waals surface area contributed by atoms with Crippen LogP contribution in [-0.4, -0.2) is 12.2 Å². The normalized spacial score (nSPS) is 10.4. The molecule has 72 valence electrons. The number of para-hydroxylation sites is 1. The lowest BCUT2D eigenvalue weighted by atomic mass is 10.2. The first-order valence-corrected chi connectivity index (χ1v) is 4.03. The van der Waals surface area contributed by atoms with Crippen molar-refractivity contribution >= 4 is 11.0 Å². The number of aromatic hydroxyl groups is 1. The van der Waals surface area contributed by atoms with Crippen molar-refractivity contribution in [3.63, 3.8) is 0 Å². The number of benzene rings is 1. The molecule has 0 saturated carbocycles. The molecule has 0 aliphatic heterocycles. The number of hydrogen-bond acceptors (Lipinski definition) is 4. The van der Waals surface area contributed by atoms with E-state index in [4.69, 9.17) is 9.15 Å². The highest BCUT2D eigenvalue weighted by atomic mass is 16.5. The summed E-state index contributed by atoms with van der Waals surface area (Å²) in [6.45, 7) is 0. The van der Waals surface area contributed by atoms with Crippen LogP contribution in [0.5, 0.6) is 11.5 Å². The predicted octanol–water partition coefficient (Wildman–Crippen LogP) is 1.51. The quantitative estimate of drug-likeness (QED) is 0.695. The summed E-state index contributed by atoms with van der Waals surface area (Å²) < 4.78 is 9.78. The van der Waals surface area contributed by atoms with Gasteiger partial charge in [0.05, 0.1) is 12.5 Å². The highest BCUT2D eigenvalue weighted by Gasteiger charge is 2.12. The van der Waals surface area contributed by atoms with Crippen LogP contribution in [0, 0.1) is 0 Å². The lowest BCUT2D eigenvalue weighted by molar-refractivity contribution is 0.358. The Balaban J connectivity index is 2.96. The standard InChI is InChI=1S/C10H8O4/c1-13-9-6-4-2-3-5-7(6)14-10(12)8(9)11/h2-5,11H,1H3. The molecule has 0 fully saturated rings. The van der Waals surface area contributed by atoms with Crippen LogP contribution < -0.4 is 10.4 Å². The topological polar surface area (TPSA) is 59.7 Å². The summed E-state index contributed by atoms with van der Waals surface area (Å²) in [6, 6.07) is 6.85. The van der Waals surface area contributed by atoms with Crippen molar-refractivity contribution in [3.8, 4) is 11.5 Å². The second-order valence-corrected chi connectivity index (χ2v) is 2.77. The molecule has 0 aliphatic rings. The van der Waals surface area contributed by atoms with Crippen molar-refractivity contribution in [2.24, 2.45) is 0 Å². The minimum Gasteiger partial charge on any atom is -0.499 e. The van der Waals surface area contributed by atoms with Crippen LogP contribution in [-0.2, 0) is 0 Å². The molecule has 1 aromatic heterocycles. The van der Waals surface area contributed by atoms with E-state index in [1.807, 2.05) is 0 Å². The SMILES string of the molecule is COc1c(O)c(=O)oc2ccccc12. The molecule has 1 N–H and O–H groups in total. The molecule has 2 aromatic rings. The van der Waals surface area contributed by atoms with E-state index in [0.717, 1.165) is 0 Å². The fourth-order valence-electron chi connectivity index (χ4n) is 1.32. The second kappa shape index (κ2) is 3.06. The van der Waals surface area contributed by atoms with E-state index in [1.165, 1.54) is 7.11 Å². The molecule has 2 rings (SSSR count). The van der Waals surface area contributed by atoms with Crippen molar-refractivity contribution in [1.29, 1.82) is 0 Å². The maximum Gasteiger partial charge on any atom is 0.382 e. The van der Waals surface area contributed by atoms with E-state index >= 15 is 0 Å². The zero-order chi connectivity index (χ0) is 10.1. The summed E-state index contributed by atoms with van der Waals surface area (Å²) >= 11 is 0. The highest BCUT2D eigenvalue weighted by Crippen LogP contribution is 2.30. The smallest absolute Gasteiger partial charge is 0.382 e. The van der Waals surface area contributed by atoms with Gasteiger partial charge in [0.25, 0.3) is 0 Å². The fraction of sp³-hybridized carbons (Fsp3) is 0.100. The van der Waals surface area contributed by atoms with Crippen LogP contribution in [0.2, 0.25) is 0 Å². The third-order valence-electron chi connectivity index (χ3n) is 1.95. The van der Waals surface area contributed by atoms with Crippen LogP contribution in [0.4, 0.5) is 0 Å². The lowest BCUT2D eigenvalue weighted by Crippen LogP contribution is -2.00. The first-order valence-electron chi connectivity index (χ1n) is 4.03. The minimum absolute atomic E-state index is 0.150. The van der Waals surface area contributed by atoms with Gasteiger partial charge in [-0.1, -0.05) is 12.1 Å². The summed E-state index contributed by atoms with van der Waals surface area (Å²) in [5.41, 5.74) is -0.396. The van der Waals surface area contributed by atoms with Gasteiger partial charge in [0, 0.05) is 0 Å². The van der Waals surface area contributed by atoms with Crippen molar-refractivity contribution in [1.82, 2.24) is 0 Å². The van der Waals surface area contributed by atoms with Gasteiger partial charge in [0.15, 0.2) is 5.75 Å². The molecule has 4 heteroatoms. The molecular formula is C10H8O4. The Bertz CT molecular complexity index is 527. The maximum absolute atomic E-state index is 11.1. The van der Waals surface area contributed by atoms with E-state index in [1.54, 1.807) is 24.3 Å². The number of rotatable bonds is 1. The Morgan fingerprint density at radius 3 is 2.79 bits per heavy atom. The minimum atomic E-state index is -0.791. The first-order chi connectivity index (χ1) is 6.74. The Kier molecular flexibility index (Phi) is 1.89. The molecule has 4 nitrogen and oxygen atoms in total. The fourth-order valence-corrected chi connectivity index (χ4v) is 1.32. The molecule has 0 spiro atoms. The summed E-state index contributed by atoms with van der Waals surface area (Å²) in [5.74, 6) is -0.344. The van der Waals surface area contributed by atoms with E-state index in [-0.39, 0.29) is 5.75 Å². The molecule has 0 bridgehead atoms. The average molecular weight is 192 g/mol. The molecule has 0 aliphatic carbocycles. The van der Waals surface area contributed by atoms with Gasteiger partial charge in [0.2, 0.25) is 5.75 Å². The van der Waals surface area contributed by atoms with Gasteiger partial charge in [-0.2, -0.15) is 0 Å². The molecule has 0 radical (unpaired) electrons. The van der Waals surface area contributed by atoms with Gasteiger partial charge in [-0.25, -0.2) is 4.79 Å². The van der Waals surface area contributed by atoms with Crippen molar-refractivity contribution in [3.05, 3.63) is 34.7 Å². The Labute approximate surface area is 79.4 Å². The van der Waals surface area contributed by atoms with Crippen LogP contribution in [0.1, 0.15) is 0 Å². The van der Waals surface area contributed by atoms with Crippen molar-refractivity contribution < 1.29 is 14.3 Å². The zero-order valence-corrected chi connectivity index (χ0v) is 7.48. The average Bonchev–Trinajstić information content (AvgIpc) is 2.20. The molecule has 0 atom stereocenters. The second-order valence-electron chi connectivity index (χ2n) is 2.77. The number of fused-ring (bicyclic) bond motifs is 1. The third kappa shape index (κ3) is 1.12. The van der Waals surface area contributed by atoms with Gasteiger partial charge >= 0.3 is 5.63 Å². The summed E-state index contributed by atoms with van der Waals surface area (Å²) in [5, 5.41) is 9.94. The first kappa shape index (κ1) is 8.62. The van der Waals surface area contributed by atoms with Gasteiger partial charge in [-0.3, -0.25) is 0 Å². The molecule has 14 heavy (non-hydrogen) atoms. The van der Waals surface area contributed by atoms with Crippen molar-refractivity contribution in [2.75, 3.05) is 7.11 Å². The molecule has 0 unspecified atom stereocenters. The largest absolute Gasteiger partial charge is 0.499 e. The molecular weight excluding hydrogens is 184 g/mol. The Morgan fingerprint density at radius 1 is 1.36 bits per heavy atom. The number of methoxy groups -OCH3 is 1. The molecule has 0 amide bonds. The third-order valence-corrected chi connectivity index (χ3v) is 1.95. The van der Waals surface area contributed by atoms with Gasteiger partial charge in [-0.05, 0) is 12.1 Å². The molecule has 1 heterocycles. The molecule has 0 saturated heterocycles. The highest BCUT2D eigenvalue weighted by molar-refractivity contribution is 5.85. The van der Waals surface area contributed by atoms with Crippen LogP contribution in [0.3, 0.4) is 0 Å². The van der Waals surface area contributed by atoms with Crippen molar-refractivity contribution in [2.45, 2.75) is 0 Å².